The van der Waals surface area contributed by atoms with Crippen LogP contribution in [0.4, 0.5) is 0 Å². The first-order chi connectivity index (χ1) is 16.9. The molecule has 0 amide bonds. The number of aliphatic hydroxyl groups excluding tert-OH is 1. The minimum absolute atomic E-state index is 0.0151. The van der Waals surface area contributed by atoms with Gasteiger partial charge in [-0.2, -0.15) is 0 Å². The predicted octanol–water partition coefficient (Wildman–Crippen LogP) is 1.90. The molecule has 1 saturated heterocycles. The number of carbonyl (C=O) groups is 2. The number of benzene rings is 1. The van der Waals surface area contributed by atoms with Gasteiger partial charge in [-0.05, 0) is 44.1 Å². The zero-order chi connectivity index (χ0) is 24.3. The second-order valence-corrected chi connectivity index (χ2v) is 11.8. The third-order valence-electron chi connectivity index (χ3n) is 9.86. The molecule has 1 aromatic carbocycles. The van der Waals surface area contributed by atoms with E-state index >= 15 is 0 Å². The molecule has 5 aliphatic carbocycles. The van der Waals surface area contributed by atoms with Crippen LogP contribution in [0.2, 0.25) is 0 Å². The lowest BCUT2D eigenvalue weighted by atomic mass is 9.32. The molecule has 1 N–H and O–H groups in total. The van der Waals surface area contributed by atoms with E-state index in [4.69, 9.17) is 14.2 Å². The molecule has 35 heavy (non-hydrogen) atoms. The van der Waals surface area contributed by atoms with Crippen LogP contribution in [0.3, 0.4) is 0 Å². The van der Waals surface area contributed by atoms with E-state index < -0.39 is 34.4 Å². The molecule has 184 valence electrons. The zero-order valence-corrected chi connectivity index (χ0v) is 20.9. The summed E-state index contributed by atoms with van der Waals surface area (Å²) < 4.78 is 18.9. The minimum Gasteiger partial charge on any atom is -0.493 e. The molecule has 2 aliphatic heterocycles. The van der Waals surface area contributed by atoms with E-state index in [9.17, 15) is 14.7 Å². The summed E-state index contributed by atoms with van der Waals surface area (Å²) in [5, 5.41) is 9.36. The minimum atomic E-state index is -1.07. The second kappa shape index (κ2) is 7.00. The van der Waals surface area contributed by atoms with Crippen LogP contribution < -0.4 is 9.47 Å². The molecule has 0 unspecified atom stereocenters. The number of methoxy groups -OCH3 is 2. The molecule has 1 aromatic rings. The lowest BCUT2D eigenvalue weighted by Crippen LogP contribution is -2.83. The highest BCUT2D eigenvalue weighted by Gasteiger charge is 2.84. The van der Waals surface area contributed by atoms with E-state index in [1.807, 2.05) is 12.1 Å². The molecule has 2 heterocycles. The quantitative estimate of drug-likeness (QED) is 0.620. The summed E-state index contributed by atoms with van der Waals surface area (Å²) >= 11 is 1.25. The number of likely N-dealkylation sites (tertiary alicyclic amines) is 1. The van der Waals surface area contributed by atoms with Crippen LogP contribution >= 0.6 is 11.8 Å². The molecular weight excluding hydrogens is 466 g/mol. The first-order valence-electron chi connectivity index (χ1n) is 12.3. The number of ketones is 2. The Morgan fingerprint density at radius 1 is 1.23 bits per heavy atom. The van der Waals surface area contributed by atoms with Gasteiger partial charge in [-0.25, -0.2) is 0 Å². The molecule has 2 fully saturated rings. The highest BCUT2D eigenvalue weighted by atomic mass is 32.2. The van der Waals surface area contributed by atoms with E-state index in [1.165, 1.54) is 23.4 Å². The van der Waals surface area contributed by atoms with Crippen molar-refractivity contribution in [2.75, 3.05) is 40.2 Å². The number of hydrogen-bond acceptors (Lipinski definition) is 8. The van der Waals surface area contributed by atoms with Crippen LogP contribution in [0.25, 0.3) is 0 Å². The standard InChI is InChI=1S/C27H29NO6S/c1-28-9-8-26-19-14-4-5-16(32-2)23(19)34-24(26)27(33-3)7-6-25(26,18(28)12-14)20-15(30)13-17(35-11-10-29)22(31)21(20)27/h4-7,13,18,20-21,24,29H,8-12H2,1-3H3/t18-,20-,21-,24-,25+,26+,27-/m1/s1. The smallest absolute Gasteiger partial charge is 0.176 e. The van der Waals surface area contributed by atoms with Gasteiger partial charge in [0.2, 0.25) is 0 Å². The van der Waals surface area contributed by atoms with Gasteiger partial charge in [0.25, 0.3) is 0 Å². The Balaban J connectivity index is 1.55. The third kappa shape index (κ3) is 2.19. The van der Waals surface area contributed by atoms with Crippen molar-refractivity contribution >= 4 is 23.3 Å². The molecule has 7 aliphatic rings. The maximum absolute atomic E-state index is 14.1. The van der Waals surface area contributed by atoms with Crippen molar-refractivity contribution in [2.24, 2.45) is 17.3 Å². The Morgan fingerprint density at radius 2 is 2.06 bits per heavy atom. The number of aliphatic hydroxyl groups is 1. The topological polar surface area (TPSA) is 85.3 Å². The van der Waals surface area contributed by atoms with Crippen LogP contribution in [0.5, 0.6) is 11.5 Å². The summed E-state index contributed by atoms with van der Waals surface area (Å²) in [5.74, 6) is 0.494. The molecule has 4 bridgehead atoms. The number of ether oxygens (including phenoxy) is 3. The molecule has 0 radical (unpaired) electrons. The second-order valence-electron chi connectivity index (χ2n) is 10.7. The molecule has 7 atom stereocenters. The fourth-order valence-electron chi connectivity index (χ4n) is 8.76. The largest absolute Gasteiger partial charge is 0.493 e. The summed E-state index contributed by atoms with van der Waals surface area (Å²) in [6, 6.07) is 4.17. The Hall–Kier alpha value is -2.13. The van der Waals surface area contributed by atoms with Crippen molar-refractivity contribution in [3.8, 4) is 11.5 Å². The summed E-state index contributed by atoms with van der Waals surface area (Å²) in [7, 11) is 5.42. The van der Waals surface area contributed by atoms with Gasteiger partial charge >= 0.3 is 0 Å². The van der Waals surface area contributed by atoms with Gasteiger partial charge in [0, 0.05) is 35.8 Å². The number of Topliss-reactive ketones (excluding diaryl/α,β-unsaturated/α-hetero) is 1. The van der Waals surface area contributed by atoms with Gasteiger partial charge in [-0.3, -0.25) is 9.59 Å². The van der Waals surface area contributed by atoms with Crippen LogP contribution in [-0.2, 0) is 26.2 Å². The number of carbonyl (C=O) groups excluding carboxylic acids is 2. The van der Waals surface area contributed by atoms with E-state index in [2.05, 4.69) is 24.1 Å². The molecular formula is C27H29NO6S. The van der Waals surface area contributed by atoms with E-state index in [0.717, 1.165) is 30.7 Å². The van der Waals surface area contributed by atoms with Gasteiger partial charge < -0.3 is 24.2 Å². The maximum atomic E-state index is 14.1. The molecule has 7 nitrogen and oxygen atoms in total. The Kier molecular flexibility index (Phi) is 4.42. The van der Waals surface area contributed by atoms with Gasteiger partial charge in [0.1, 0.15) is 11.7 Å². The summed E-state index contributed by atoms with van der Waals surface area (Å²) in [4.78, 5) is 30.9. The fraction of sp³-hybridized carbons (Fsp3) is 0.556. The van der Waals surface area contributed by atoms with E-state index in [0.29, 0.717) is 16.4 Å². The number of rotatable bonds is 5. The van der Waals surface area contributed by atoms with Crippen LogP contribution in [-0.4, -0.2) is 79.5 Å². The fourth-order valence-corrected chi connectivity index (χ4v) is 9.54. The van der Waals surface area contributed by atoms with Gasteiger partial charge in [0.05, 0.1) is 30.0 Å². The molecule has 8 heteroatoms. The number of nitrogens with zero attached hydrogens (tertiary/aromatic N) is 1. The van der Waals surface area contributed by atoms with Gasteiger partial charge in [-0.15, -0.1) is 11.8 Å². The number of thioether (sulfide) groups is 1. The van der Waals surface area contributed by atoms with Crippen LogP contribution in [0.1, 0.15) is 17.5 Å². The molecule has 1 saturated carbocycles. The van der Waals surface area contributed by atoms with Gasteiger partial charge in [-0.1, -0.05) is 18.2 Å². The van der Waals surface area contributed by atoms with E-state index in [-0.39, 0.29) is 24.2 Å². The van der Waals surface area contributed by atoms with Gasteiger partial charge in [0.15, 0.2) is 23.1 Å². The first kappa shape index (κ1) is 22.1. The highest BCUT2D eigenvalue weighted by Crippen LogP contribution is 2.77. The van der Waals surface area contributed by atoms with Crippen molar-refractivity contribution in [1.82, 2.24) is 4.90 Å². The Bertz CT molecular complexity index is 1240. The normalized spacial score (nSPS) is 41.9. The average Bonchev–Trinajstić information content (AvgIpc) is 3.24. The monoisotopic (exact) mass is 495 g/mol. The molecule has 2 spiro atoms. The Morgan fingerprint density at radius 3 is 2.80 bits per heavy atom. The van der Waals surface area contributed by atoms with Crippen molar-refractivity contribution in [1.29, 1.82) is 0 Å². The molecule has 0 aromatic heterocycles. The average molecular weight is 496 g/mol. The van der Waals surface area contributed by atoms with Crippen molar-refractivity contribution in [2.45, 2.75) is 36.0 Å². The number of hydrogen-bond donors (Lipinski definition) is 1. The number of allylic oxidation sites excluding steroid dienone is 2. The van der Waals surface area contributed by atoms with E-state index in [1.54, 1.807) is 14.2 Å². The lowest BCUT2D eigenvalue weighted by molar-refractivity contribution is -0.234. The molecule has 8 rings (SSSR count). The van der Waals surface area contributed by atoms with Crippen molar-refractivity contribution in [3.05, 3.63) is 46.4 Å². The summed E-state index contributed by atoms with van der Waals surface area (Å²) in [6.45, 7) is 0.819. The first-order valence-corrected chi connectivity index (χ1v) is 13.3. The zero-order valence-electron chi connectivity index (χ0n) is 20.1. The van der Waals surface area contributed by atoms with Crippen molar-refractivity contribution < 1.29 is 28.9 Å². The highest BCUT2D eigenvalue weighted by molar-refractivity contribution is 8.04. The maximum Gasteiger partial charge on any atom is 0.176 e. The SMILES string of the molecule is COc1ccc2c3c1O[C@H]1[C@@]4(OC)C=C[C@@]5([C@@H]6C(=O)C=C(SCCO)C(=O)[C@@H]64)[C@@H](C2)N(C)CC[C@]315. The lowest BCUT2D eigenvalue weighted by Gasteiger charge is -2.73. The van der Waals surface area contributed by atoms with Crippen LogP contribution in [0, 0.1) is 17.3 Å². The predicted molar refractivity (Wildman–Crippen MR) is 130 cm³/mol. The third-order valence-corrected chi connectivity index (χ3v) is 10.9. The van der Waals surface area contributed by atoms with Crippen molar-refractivity contribution in [3.63, 3.8) is 0 Å². The number of piperidine rings is 1. The summed E-state index contributed by atoms with van der Waals surface area (Å²) in [6.07, 6.45) is 6.96. The van der Waals surface area contributed by atoms with Crippen LogP contribution in [0.15, 0.2) is 35.3 Å². The summed E-state index contributed by atoms with van der Waals surface area (Å²) in [5.41, 5.74) is 0.250. The Labute approximate surface area is 208 Å². The number of likely N-dealkylation sites (N-methyl/N-ethyl adjacent to an activating group) is 1.